The van der Waals surface area contributed by atoms with Crippen molar-refractivity contribution in [1.29, 1.82) is 0 Å². The van der Waals surface area contributed by atoms with Crippen LogP contribution in [0.25, 0.3) is 0 Å². The van der Waals surface area contributed by atoms with E-state index < -0.39 is 0 Å². The molecule has 1 atom stereocenters. The van der Waals surface area contributed by atoms with Gasteiger partial charge < -0.3 is 19.5 Å². The van der Waals surface area contributed by atoms with Crippen molar-refractivity contribution < 1.29 is 14.1 Å². The van der Waals surface area contributed by atoms with E-state index in [2.05, 4.69) is 73.1 Å². The standard InChI is InChI=1S/C28H38BN3O3/c1-27(2)28(3,4)35-29(34-27)21-12-14-22(15-13-21)32-19-17-31(18-20-32)16-8-7-10-24-23-9-5-6-11-25(23)30-26(24)33/h5-6,9,11-15,24H,7-8,10,16-20H2,1-4H3,(H,30,33). The fourth-order valence-electron chi connectivity index (χ4n) is 5.30. The summed E-state index contributed by atoms with van der Waals surface area (Å²) in [7, 11) is -0.310. The lowest BCUT2D eigenvalue weighted by atomic mass is 9.79. The number of hydrogen-bond donors (Lipinski definition) is 1. The smallest absolute Gasteiger partial charge is 0.399 e. The van der Waals surface area contributed by atoms with Crippen LogP contribution in [-0.4, -0.2) is 61.9 Å². The molecule has 2 aromatic carbocycles. The summed E-state index contributed by atoms with van der Waals surface area (Å²) >= 11 is 0. The van der Waals surface area contributed by atoms with Crippen LogP contribution in [0.3, 0.4) is 0 Å². The largest absolute Gasteiger partial charge is 0.494 e. The summed E-state index contributed by atoms with van der Waals surface area (Å²) in [5, 5.41) is 3.02. The van der Waals surface area contributed by atoms with E-state index >= 15 is 0 Å². The van der Waals surface area contributed by atoms with Crippen molar-refractivity contribution in [2.75, 3.05) is 42.9 Å². The minimum Gasteiger partial charge on any atom is -0.399 e. The van der Waals surface area contributed by atoms with Crippen molar-refractivity contribution in [3.05, 3.63) is 54.1 Å². The monoisotopic (exact) mass is 475 g/mol. The van der Waals surface area contributed by atoms with E-state index in [9.17, 15) is 4.79 Å². The molecule has 0 saturated carbocycles. The molecule has 0 radical (unpaired) electrons. The molecule has 186 valence electrons. The minimum atomic E-state index is -0.319. The Bertz CT molecular complexity index is 1030. The molecule has 1 unspecified atom stereocenters. The maximum atomic E-state index is 12.3. The average molecular weight is 475 g/mol. The highest BCUT2D eigenvalue weighted by Crippen LogP contribution is 2.37. The summed E-state index contributed by atoms with van der Waals surface area (Å²) in [6, 6.07) is 16.8. The minimum absolute atomic E-state index is 0.0168. The molecule has 0 aliphatic carbocycles. The van der Waals surface area contributed by atoms with E-state index in [1.54, 1.807) is 0 Å². The van der Waals surface area contributed by atoms with E-state index in [0.29, 0.717) is 0 Å². The lowest BCUT2D eigenvalue weighted by Gasteiger charge is -2.36. The molecule has 1 N–H and O–H groups in total. The first kappa shape index (κ1) is 24.4. The fraction of sp³-hybridized carbons (Fsp3) is 0.536. The Hall–Kier alpha value is -2.35. The number of unbranched alkanes of at least 4 members (excludes halogenated alkanes) is 1. The van der Waals surface area contributed by atoms with Gasteiger partial charge in [-0.25, -0.2) is 0 Å². The van der Waals surface area contributed by atoms with Gasteiger partial charge in [0.25, 0.3) is 0 Å². The van der Waals surface area contributed by atoms with Gasteiger partial charge in [-0.1, -0.05) is 36.8 Å². The number of carbonyl (C=O) groups excluding carboxylic acids is 1. The van der Waals surface area contributed by atoms with Crippen LogP contribution in [0.2, 0.25) is 0 Å². The van der Waals surface area contributed by atoms with Crippen molar-refractivity contribution in [1.82, 2.24) is 4.90 Å². The Morgan fingerprint density at radius 2 is 1.57 bits per heavy atom. The molecular formula is C28H38BN3O3. The predicted octanol–water partition coefficient (Wildman–Crippen LogP) is 4.01. The van der Waals surface area contributed by atoms with E-state index in [1.165, 1.54) is 5.69 Å². The van der Waals surface area contributed by atoms with E-state index in [4.69, 9.17) is 9.31 Å². The Kier molecular flexibility index (Phi) is 6.68. The molecule has 3 aliphatic heterocycles. The highest BCUT2D eigenvalue weighted by molar-refractivity contribution is 6.62. The Morgan fingerprint density at radius 1 is 0.914 bits per heavy atom. The zero-order chi connectivity index (χ0) is 24.6. The molecule has 2 fully saturated rings. The SMILES string of the molecule is CC1(C)OB(c2ccc(N3CCN(CCCCC4C(=O)Nc5ccccc54)CC3)cc2)OC1(C)C. The van der Waals surface area contributed by atoms with Crippen LogP contribution in [0.15, 0.2) is 48.5 Å². The summed E-state index contributed by atoms with van der Waals surface area (Å²) in [6.45, 7) is 13.7. The number of piperazine rings is 1. The van der Waals surface area contributed by atoms with Gasteiger partial charge in [-0.3, -0.25) is 9.69 Å². The second-order valence-electron chi connectivity index (χ2n) is 11.1. The Morgan fingerprint density at radius 3 is 2.26 bits per heavy atom. The number of benzene rings is 2. The van der Waals surface area contributed by atoms with Crippen molar-refractivity contribution in [3.63, 3.8) is 0 Å². The fourth-order valence-corrected chi connectivity index (χ4v) is 5.30. The first-order valence-corrected chi connectivity index (χ1v) is 13.1. The Labute approximate surface area is 210 Å². The summed E-state index contributed by atoms with van der Waals surface area (Å²) in [6.07, 6.45) is 3.14. The lowest BCUT2D eigenvalue weighted by Crippen LogP contribution is -2.46. The number of amides is 1. The summed E-state index contributed by atoms with van der Waals surface area (Å²) in [5.41, 5.74) is 3.85. The number of nitrogens with zero attached hydrogens (tertiary/aromatic N) is 2. The molecule has 7 heteroatoms. The highest BCUT2D eigenvalue weighted by Gasteiger charge is 2.51. The number of rotatable bonds is 7. The maximum absolute atomic E-state index is 12.3. The van der Waals surface area contributed by atoms with Gasteiger partial charge in [-0.2, -0.15) is 0 Å². The highest BCUT2D eigenvalue weighted by atomic mass is 16.7. The third-order valence-corrected chi connectivity index (χ3v) is 8.28. The van der Waals surface area contributed by atoms with Crippen LogP contribution in [-0.2, 0) is 14.1 Å². The van der Waals surface area contributed by atoms with Gasteiger partial charge in [0, 0.05) is 37.6 Å². The molecule has 35 heavy (non-hydrogen) atoms. The van der Waals surface area contributed by atoms with E-state index in [1.807, 2.05) is 18.2 Å². The number of fused-ring (bicyclic) bond motifs is 1. The first-order chi connectivity index (χ1) is 16.7. The number of hydrogen-bond acceptors (Lipinski definition) is 5. The number of carbonyl (C=O) groups is 1. The molecule has 3 heterocycles. The Balaban J connectivity index is 1.05. The number of anilines is 2. The molecule has 3 aliphatic rings. The van der Waals surface area contributed by atoms with Gasteiger partial charge in [-0.15, -0.1) is 0 Å². The predicted molar refractivity (Wildman–Crippen MR) is 142 cm³/mol. The topological polar surface area (TPSA) is 54.0 Å². The summed E-state index contributed by atoms with van der Waals surface area (Å²) in [4.78, 5) is 17.3. The summed E-state index contributed by atoms with van der Waals surface area (Å²) < 4.78 is 12.4. The molecule has 6 nitrogen and oxygen atoms in total. The normalized spacial score (nSPS) is 23.4. The number of nitrogens with one attached hydrogen (secondary N) is 1. The van der Waals surface area contributed by atoms with Crippen molar-refractivity contribution >= 4 is 29.9 Å². The van der Waals surface area contributed by atoms with Crippen LogP contribution in [0.4, 0.5) is 11.4 Å². The van der Waals surface area contributed by atoms with E-state index in [0.717, 1.165) is 68.7 Å². The van der Waals surface area contributed by atoms with Crippen molar-refractivity contribution in [2.24, 2.45) is 0 Å². The zero-order valence-corrected chi connectivity index (χ0v) is 21.5. The van der Waals surface area contributed by atoms with Gasteiger partial charge in [0.05, 0.1) is 17.1 Å². The van der Waals surface area contributed by atoms with E-state index in [-0.39, 0.29) is 30.1 Å². The lowest BCUT2D eigenvalue weighted by molar-refractivity contribution is -0.117. The quantitative estimate of drug-likeness (QED) is 0.485. The van der Waals surface area contributed by atoms with Crippen LogP contribution < -0.4 is 15.7 Å². The number of para-hydroxylation sites is 1. The molecule has 2 aromatic rings. The molecule has 5 rings (SSSR count). The second kappa shape index (κ2) is 9.60. The molecule has 0 spiro atoms. The molecule has 1 amide bonds. The molecule has 2 saturated heterocycles. The zero-order valence-electron chi connectivity index (χ0n) is 21.5. The molecule has 0 aromatic heterocycles. The molecular weight excluding hydrogens is 437 g/mol. The van der Waals surface area contributed by atoms with Crippen LogP contribution in [0.5, 0.6) is 0 Å². The van der Waals surface area contributed by atoms with Gasteiger partial charge >= 0.3 is 7.12 Å². The van der Waals surface area contributed by atoms with Gasteiger partial charge in [0.15, 0.2) is 0 Å². The average Bonchev–Trinajstić information content (AvgIpc) is 3.27. The van der Waals surface area contributed by atoms with Crippen molar-refractivity contribution in [2.45, 2.75) is 64.1 Å². The first-order valence-electron chi connectivity index (χ1n) is 13.1. The van der Waals surface area contributed by atoms with Crippen LogP contribution >= 0.6 is 0 Å². The second-order valence-corrected chi connectivity index (χ2v) is 11.1. The van der Waals surface area contributed by atoms with Crippen molar-refractivity contribution in [3.8, 4) is 0 Å². The third-order valence-electron chi connectivity index (χ3n) is 8.28. The third kappa shape index (κ3) is 4.99. The summed E-state index contributed by atoms with van der Waals surface area (Å²) in [5.74, 6) is 0.174. The van der Waals surface area contributed by atoms with Gasteiger partial charge in [0.2, 0.25) is 5.91 Å². The maximum Gasteiger partial charge on any atom is 0.494 e. The van der Waals surface area contributed by atoms with Gasteiger partial charge in [-0.05, 0) is 76.3 Å². The van der Waals surface area contributed by atoms with Crippen LogP contribution in [0.1, 0.15) is 58.4 Å². The van der Waals surface area contributed by atoms with Gasteiger partial charge in [0.1, 0.15) is 0 Å². The van der Waals surface area contributed by atoms with Crippen LogP contribution in [0, 0.1) is 0 Å². The molecule has 0 bridgehead atoms.